The summed E-state index contributed by atoms with van der Waals surface area (Å²) in [7, 11) is 0.0332. The third-order valence-electron chi connectivity index (χ3n) is 6.67. The fourth-order valence-electron chi connectivity index (χ4n) is 4.50. The van der Waals surface area contributed by atoms with Crippen molar-refractivity contribution in [3.63, 3.8) is 0 Å². The molecule has 3 heterocycles. The van der Waals surface area contributed by atoms with Gasteiger partial charge in [0.25, 0.3) is 10.2 Å². The second-order valence-electron chi connectivity index (χ2n) is 9.62. The molecule has 40 heavy (non-hydrogen) atoms. The summed E-state index contributed by atoms with van der Waals surface area (Å²) in [5.74, 6) is -4.54. The van der Waals surface area contributed by atoms with Crippen LogP contribution in [0.25, 0.3) is 0 Å². The fraction of sp³-hybridized carbons (Fsp3) is 0.417. The predicted octanol–water partition coefficient (Wildman–Crippen LogP) is 2.25. The molecule has 0 saturated carbocycles. The van der Waals surface area contributed by atoms with Crippen molar-refractivity contribution < 1.29 is 30.8 Å². The van der Waals surface area contributed by atoms with Gasteiger partial charge in [0.05, 0.1) is 12.2 Å². The average Bonchev–Trinajstić information content (AvgIpc) is 3.58. The molecule has 2 atom stereocenters. The number of hydrogen-bond donors (Lipinski definition) is 2. The zero-order valence-corrected chi connectivity index (χ0v) is 22.8. The number of amidine groups is 1. The standard InChI is InChI=1S/C24H29F3N8O4S/c1-32(2)40(37,38)34-11-10-17(18(14-34)24(25,26)27)21-30-23(35(31-21)22(36)19-5-4-12-39-19)33(3)13-15-6-8-16(9-7-15)20(28)29/h4-9,12,17-18H,10-11,13-14H2,1-3H3,(H3,28,29). The zero-order chi connectivity index (χ0) is 29.4. The summed E-state index contributed by atoms with van der Waals surface area (Å²) in [4.78, 5) is 19.2. The molecule has 1 fully saturated rings. The highest BCUT2D eigenvalue weighted by Crippen LogP contribution is 2.43. The molecule has 16 heteroatoms. The van der Waals surface area contributed by atoms with Gasteiger partial charge in [-0.15, -0.1) is 5.10 Å². The second-order valence-corrected chi connectivity index (χ2v) is 11.8. The zero-order valence-electron chi connectivity index (χ0n) is 22.0. The van der Waals surface area contributed by atoms with Crippen LogP contribution in [0.5, 0.6) is 0 Å². The summed E-state index contributed by atoms with van der Waals surface area (Å²) in [5, 5.41) is 11.7. The van der Waals surface area contributed by atoms with Crippen LogP contribution in [0, 0.1) is 11.3 Å². The van der Waals surface area contributed by atoms with E-state index in [1.54, 1.807) is 36.2 Å². The molecule has 1 aromatic carbocycles. The molecule has 2 unspecified atom stereocenters. The first kappa shape index (κ1) is 29.2. The van der Waals surface area contributed by atoms with Crippen molar-refractivity contribution in [2.45, 2.75) is 25.1 Å². The average molecular weight is 583 g/mol. The van der Waals surface area contributed by atoms with Crippen molar-refractivity contribution in [3.8, 4) is 0 Å². The molecule has 3 aromatic rings. The van der Waals surface area contributed by atoms with E-state index in [9.17, 15) is 26.4 Å². The molecule has 1 aliphatic rings. The van der Waals surface area contributed by atoms with E-state index in [0.29, 0.717) is 5.56 Å². The highest BCUT2D eigenvalue weighted by molar-refractivity contribution is 7.86. The van der Waals surface area contributed by atoms with Gasteiger partial charge in [0.15, 0.2) is 11.6 Å². The summed E-state index contributed by atoms with van der Waals surface area (Å²) in [6.45, 7) is -0.779. The van der Waals surface area contributed by atoms with E-state index in [4.69, 9.17) is 15.6 Å². The number of aromatic nitrogens is 3. The summed E-state index contributed by atoms with van der Waals surface area (Å²) in [6, 6.07) is 9.65. The van der Waals surface area contributed by atoms with E-state index < -0.39 is 40.7 Å². The van der Waals surface area contributed by atoms with Gasteiger partial charge in [-0.05, 0) is 24.1 Å². The lowest BCUT2D eigenvalue weighted by molar-refractivity contribution is -0.188. The first-order chi connectivity index (χ1) is 18.7. The van der Waals surface area contributed by atoms with Gasteiger partial charge in [0, 0.05) is 52.3 Å². The highest BCUT2D eigenvalue weighted by Gasteiger charge is 2.51. The van der Waals surface area contributed by atoms with Gasteiger partial charge in [0.1, 0.15) is 5.84 Å². The van der Waals surface area contributed by atoms with E-state index >= 15 is 0 Å². The molecule has 4 rings (SSSR count). The minimum absolute atomic E-state index is 0.0173. The van der Waals surface area contributed by atoms with Crippen molar-refractivity contribution in [2.75, 3.05) is 39.1 Å². The van der Waals surface area contributed by atoms with Crippen molar-refractivity contribution >= 4 is 27.9 Å². The van der Waals surface area contributed by atoms with Crippen LogP contribution in [0.2, 0.25) is 0 Å². The Morgan fingerprint density at radius 1 is 1.20 bits per heavy atom. The van der Waals surface area contributed by atoms with Crippen LogP contribution in [-0.4, -0.2) is 83.9 Å². The van der Waals surface area contributed by atoms with Crippen LogP contribution in [0.15, 0.2) is 47.1 Å². The number of carbonyl (C=O) groups is 1. The van der Waals surface area contributed by atoms with Crippen molar-refractivity contribution in [1.29, 1.82) is 5.41 Å². The Bertz CT molecular complexity index is 1470. The number of hydrogen-bond acceptors (Lipinski definition) is 8. The second kappa shape index (κ2) is 11.0. The van der Waals surface area contributed by atoms with Gasteiger partial charge < -0.3 is 15.1 Å². The lowest BCUT2D eigenvalue weighted by atomic mass is 9.85. The Kier molecular flexibility index (Phi) is 8.05. The Morgan fingerprint density at radius 3 is 2.42 bits per heavy atom. The lowest BCUT2D eigenvalue weighted by Gasteiger charge is -2.38. The summed E-state index contributed by atoms with van der Waals surface area (Å²) >= 11 is 0. The largest absolute Gasteiger partial charge is 0.459 e. The number of carbonyl (C=O) groups excluding carboxylic acids is 1. The number of nitrogens with zero attached hydrogens (tertiary/aromatic N) is 6. The highest BCUT2D eigenvalue weighted by atomic mass is 32.2. The number of nitrogens with two attached hydrogens (primary N) is 1. The smallest absolute Gasteiger partial charge is 0.393 e. The van der Waals surface area contributed by atoms with E-state index in [0.717, 1.165) is 18.9 Å². The molecule has 216 valence electrons. The Hall–Kier alpha value is -3.76. The number of rotatable bonds is 8. The van der Waals surface area contributed by atoms with Gasteiger partial charge in [-0.3, -0.25) is 10.2 Å². The van der Waals surface area contributed by atoms with Crippen molar-refractivity contribution in [3.05, 3.63) is 65.4 Å². The first-order valence-electron chi connectivity index (χ1n) is 12.1. The SMILES string of the molecule is CN(Cc1ccc(C(=N)N)cc1)c1nc(C2CCN(S(=O)(=O)N(C)C)CC2C(F)(F)F)nn1C(=O)c1ccco1. The van der Waals surface area contributed by atoms with Crippen LogP contribution in [0.3, 0.4) is 0 Å². The maximum Gasteiger partial charge on any atom is 0.393 e. The summed E-state index contributed by atoms with van der Waals surface area (Å²) < 4.78 is 75.6. The van der Waals surface area contributed by atoms with Crippen LogP contribution >= 0.6 is 0 Å². The molecule has 1 saturated heterocycles. The monoisotopic (exact) mass is 582 g/mol. The molecular weight excluding hydrogens is 553 g/mol. The maximum atomic E-state index is 14.3. The van der Waals surface area contributed by atoms with Gasteiger partial charge in [0.2, 0.25) is 5.95 Å². The summed E-state index contributed by atoms with van der Waals surface area (Å²) in [5.41, 5.74) is 6.78. The molecule has 0 bridgehead atoms. The third kappa shape index (κ3) is 5.88. The van der Waals surface area contributed by atoms with Gasteiger partial charge in [-0.25, -0.2) is 0 Å². The Morgan fingerprint density at radius 2 is 1.88 bits per heavy atom. The van der Waals surface area contributed by atoms with Crippen LogP contribution in [0.4, 0.5) is 19.1 Å². The summed E-state index contributed by atoms with van der Waals surface area (Å²) in [6.07, 6.45) is -3.68. The Labute approximate surface area is 228 Å². The van der Waals surface area contributed by atoms with Gasteiger partial charge >= 0.3 is 12.1 Å². The maximum absolute atomic E-state index is 14.3. The number of piperidine rings is 1. The van der Waals surface area contributed by atoms with Crippen molar-refractivity contribution in [1.82, 2.24) is 23.4 Å². The third-order valence-corrected chi connectivity index (χ3v) is 8.58. The number of benzene rings is 1. The molecule has 12 nitrogen and oxygen atoms in total. The van der Waals surface area contributed by atoms with Crippen LogP contribution in [0.1, 0.15) is 39.8 Å². The molecule has 3 N–H and O–H groups in total. The molecular formula is C24H29F3N8O4S. The molecule has 0 spiro atoms. The van der Waals surface area contributed by atoms with E-state index in [2.05, 4.69) is 10.1 Å². The van der Waals surface area contributed by atoms with Crippen LogP contribution in [-0.2, 0) is 16.8 Å². The van der Waals surface area contributed by atoms with Gasteiger partial charge in [-0.2, -0.15) is 39.9 Å². The molecule has 2 aromatic heterocycles. The number of nitrogen functional groups attached to an aromatic ring is 1. The number of furan rings is 1. The molecule has 1 aliphatic heterocycles. The number of alkyl halides is 3. The topological polar surface area (TPSA) is 155 Å². The normalized spacial score (nSPS) is 18.7. The minimum atomic E-state index is -4.76. The number of halogens is 3. The Balaban J connectivity index is 1.71. The van der Waals surface area contributed by atoms with Crippen molar-refractivity contribution in [2.24, 2.45) is 11.7 Å². The molecule has 0 amide bonds. The lowest BCUT2D eigenvalue weighted by Crippen LogP contribution is -2.51. The predicted molar refractivity (Wildman–Crippen MR) is 139 cm³/mol. The molecule has 0 radical (unpaired) electrons. The minimum Gasteiger partial charge on any atom is -0.459 e. The number of anilines is 1. The van der Waals surface area contributed by atoms with E-state index in [1.165, 1.54) is 32.5 Å². The number of nitrogens with one attached hydrogen (secondary N) is 1. The quantitative estimate of drug-likeness (QED) is 0.303. The van der Waals surface area contributed by atoms with Crippen LogP contribution < -0.4 is 10.6 Å². The fourth-order valence-corrected chi connectivity index (χ4v) is 5.65. The first-order valence-corrected chi connectivity index (χ1v) is 13.5. The van der Waals surface area contributed by atoms with E-state index in [-0.39, 0.29) is 42.9 Å². The van der Waals surface area contributed by atoms with E-state index in [1.807, 2.05) is 0 Å². The van der Waals surface area contributed by atoms with Gasteiger partial charge in [-0.1, -0.05) is 24.3 Å². The molecule has 0 aliphatic carbocycles.